The second kappa shape index (κ2) is 10.6. The molecule has 176 valence electrons. The van der Waals surface area contributed by atoms with Crippen LogP contribution in [0.4, 0.5) is 0 Å². The van der Waals surface area contributed by atoms with Crippen LogP contribution in [0, 0.1) is 0 Å². The quantitative estimate of drug-likeness (QED) is 0.567. The van der Waals surface area contributed by atoms with Crippen molar-refractivity contribution >= 4 is 21.8 Å². The van der Waals surface area contributed by atoms with Crippen molar-refractivity contribution in [3.8, 4) is 0 Å². The van der Waals surface area contributed by atoms with Crippen LogP contribution in [0.25, 0.3) is 0 Å². The molecule has 1 aliphatic rings. The van der Waals surface area contributed by atoms with E-state index in [1.165, 1.54) is 4.31 Å². The number of sulfonamides is 1. The first-order valence-electron chi connectivity index (χ1n) is 11.2. The highest BCUT2D eigenvalue weighted by Gasteiger charge is 2.33. The maximum atomic E-state index is 13.5. The third-order valence-electron chi connectivity index (χ3n) is 5.83. The van der Waals surface area contributed by atoms with Crippen molar-refractivity contribution in [1.82, 2.24) is 14.5 Å². The van der Waals surface area contributed by atoms with Crippen molar-refractivity contribution in [2.24, 2.45) is 0 Å². The van der Waals surface area contributed by atoms with Gasteiger partial charge in [-0.3, -0.25) is 9.59 Å². The fourth-order valence-electron chi connectivity index (χ4n) is 3.98. The maximum absolute atomic E-state index is 13.5. The molecule has 34 heavy (non-hydrogen) atoms. The molecule has 0 bridgehead atoms. The number of carbonyl (C=O) groups is 2. The monoisotopic (exact) mass is 477 g/mol. The molecule has 3 aromatic carbocycles. The van der Waals surface area contributed by atoms with E-state index in [0.29, 0.717) is 11.1 Å². The maximum Gasteiger partial charge on any atom is 0.252 e. The number of hydrogen-bond acceptors (Lipinski definition) is 4. The van der Waals surface area contributed by atoms with Gasteiger partial charge in [0.2, 0.25) is 15.9 Å². The van der Waals surface area contributed by atoms with Crippen LogP contribution in [-0.4, -0.2) is 55.6 Å². The molecule has 8 heteroatoms. The Balaban J connectivity index is 1.45. The number of hydrogen-bond donors (Lipinski definition) is 1. The summed E-state index contributed by atoms with van der Waals surface area (Å²) in [6, 6.07) is 26.0. The normalized spacial score (nSPS) is 15.5. The summed E-state index contributed by atoms with van der Waals surface area (Å²) in [6.45, 7) is 0.957. The van der Waals surface area contributed by atoms with E-state index >= 15 is 0 Å². The molecule has 2 amide bonds. The van der Waals surface area contributed by atoms with Gasteiger partial charge >= 0.3 is 0 Å². The number of nitrogens with zero attached hydrogens (tertiary/aromatic N) is 2. The lowest BCUT2D eigenvalue weighted by Gasteiger charge is -2.36. The lowest BCUT2D eigenvalue weighted by Crippen LogP contribution is -2.53. The molecule has 4 rings (SSSR count). The molecule has 1 atom stereocenters. The standard InChI is InChI=1S/C26H27N3O4S/c30-25(23-14-8-3-9-15-23)27-24(22-12-6-2-7-13-22)26(31)28-16-18-29(19-17-28)34(32,33)20-21-10-4-1-5-11-21/h1-15,24H,16-20H2,(H,27,30)/t24-/m1/s1. The second-order valence-corrected chi connectivity index (χ2v) is 10.1. The molecule has 1 heterocycles. The van der Waals surface area contributed by atoms with Crippen LogP contribution in [0.3, 0.4) is 0 Å². The smallest absolute Gasteiger partial charge is 0.252 e. The van der Waals surface area contributed by atoms with Crippen LogP contribution in [-0.2, 0) is 20.6 Å². The van der Waals surface area contributed by atoms with Crippen LogP contribution in [0.15, 0.2) is 91.0 Å². The Kier molecular flexibility index (Phi) is 7.40. The van der Waals surface area contributed by atoms with Gasteiger partial charge in [0.05, 0.1) is 5.75 Å². The van der Waals surface area contributed by atoms with Gasteiger partial charge in [0.1, 0.15) is 6.04 Å². The van der Waals surface area contributed by atoms with Gasteiger partial charge in [-0.1, -0.05) is 78.9 Å². The SMILES string of the molecule is O=C(N[C@@H](C(=O)N1CCN(S(=O)(=O)Cc2ccccc2)CC1)c1ccccc1)c1ccccc1. The zero-order valence-corrected chi connectivity index (χ0v) is 19.5. The Hall–Kier alpha value is -3.49. The number of carbonyl (C=O) groups excluding carboxylic acids is 2. The largest absolute Gasteiger partial charge is 0.338 e. The summed E-state index contributed by atoms with van der Waals surface area (Å²) in [5, 5.41) is 2.86. The molecule has 0 radical (unpaired) electrons. The van der Waals surface area contributed by atoms with Crippen molar-refractivity contribution in [2.75, 3.05) is 26.2 Å². The van der Waals surface area contributed by atoms with Crippen LogP contribution in [0.1, 0.15) is 27.5 Å². The van der Waals surface area contributed by atoms with E-state index in [9.17, 15) is 18.0 Å². The molecule has 1 N–H and O–H groups in total. The van der Waals surface area contributed by atoms with Crippen LogP contribution < -0.4 is 5.32 Å². The Labute approximate surface area is 200 Å². The lowest BCUT2D eigenvalue weighted by atomic mass is 10.0. The highest BCUT2D eigenvalue weighted by Crippen LogP contribution is 2.20. The number of benzene rings is 3. The Morgan fingerprint density at radius 3 is 1.88 bits per heavy atom. The first-order chi connectivity index (χ1) is 16.4. The molecule has 1 aliphatic heterocycles. The molecule has 1 saturated heterocycles. The summed E-state index contributed by atoms with van der Waals surface area (Å²) in [6.07, 6.45) is 0. The van der Waals surface area contributed by atoms with E-state index in [0.717, 1.165) is 5.56 Å². The zero-order valence-electron chi connectivity index (χ0n) is 18.7. The predicted molar refractivity (Wildman–Crippen MR) is 130 cm³/mol. The Bertz CT molecular complexity index is 1210. The lowest BCUT2D eigenvalue weighted by molar-refractivity contribution is -0.134. The summed E-state index contributed by atoms with van der Waals surface area (Å²) < 4.78 is 27.1. The van der Waals surface area contributed by atoms with Crippen LogP contribution in [0.5, 0.6) is 0 Å². The summed E-state index contributed by atoms with van der Waals surface area (Å²) in [5.41, 5.74) is 1.87. The van der Waals surface area contributed by atoms with Gasteiger partial charge in [-0.2, -0.15) is 4.31 Å². The second-order valence-electron chi connectivity index (χ2n) is 8.15. The summed E-state index contributed by atoms with van der Waals surface area (Å²) in [4.78, 5) is 27.9. The van der Waals surface area contributed by atoms with E-state index in [1.807, 2.05) is 42.5 Å². The topological polar surface area (TPSA) is 86.8 Å². The average Bonchev–Trinajstić information content (AvgIpc) is 2.88. The molecular weight excluding hydrogens is 450 g/mol. The highest BCUT2D eigenvalue weighted by molar-refractivity contribution is 7.88. The van der Waals surface area contributed by atoms with Gasteiger partial charge in [0, 0.05) is 31.7 Å². The number of amides is 2. The third-order valence-corrected chi connectivity index (χ3v) is 7.68. The van der Waals surface area contributed by atoms with E-state index in [2.05, 4.69) is 5.32 Å². The van der Waals surface area contributed by atoms with Gasteiger partial charge in [0.15, 0.2) is 0 Å². The van der Waals surface area contributed by atoms with Crippen LogP contribution in [0.2, 0.25) is 0 Å². The highest BCUT2D eigenvalue weighted by atomic mass is 32.2. The molecule has 3 aromatic rings. The zero-order chi connectivity index (χ0) is 24.0. The predicted octanol–water partition coefficient (Wildman–Crippen LogP) is 2.83. The minimum Gasteiger partial charge on any atom is -0.338 e. The van der Waals surface area contributed by atoms with Gasteiger partial charge in [-0.15, -0.1) is 0 Å². The van der Waals surface area contributed by atoms with Crippen molar-refractivity contribution in [1.29, 1.82) is 0 Å². The molecule has 0 spiro atoms. The molecule has 1 fully saturated rings. The molecule has 7 nitrogen and oxygen atoms in total. The third kappa shape index (κ3) is 5.70. The number of rotatable bonds is 7. The Morgan fingerprint density at radius 2 is 1.29 bits per heavy atom. The van der Waals surface area contributed by atoms with E-state index in [4.69, 9.17) is 0 Å². The van der Waals surface area contributed by atoms with E-state index < -0.39 is 16.1 Å². The van der Waals surface area contributed by atoms with E-state index in [1.54, 1.807) is 53.4 Å². The average molecular weight is 478 g/mol. The number of nitrogens with one attached hydrogen (secondary N) is 1. The van der Waals surface area contributed by atoms with Gasteiger partial charge in [-0.25, -0.2) is 8.42 Å². The molecule has 0 unspecified atom stereocenters. The fourth-order valence-corrected chi connectivity index (χ4v) is 5.50. The minimum absolute atomic E-state index is 0.0679. The summed E-state index contributed by atoms with van der Waals surface area (Å²) in [5.74, 6) is -0.663. The van der Waals surface area contributed by atoms with Crippen LogP contribution >= 0.6 is 0 Å². The summed E-state index contributed by atoms with van der Waals surface area (Å²) in [7, 11) is -3.49. The summed E-state index contributed by atoms with van der Waals surface area (Å²) >= 11 is 0. The minimum atomic E-state index is -3.49. The molecule has 0 saturated carbocycles. The van der Waals surface area contributed by atoms with Gasteiger partial charge < -0.3 is 10.2 Å². The van der Waals surface area contributed by atoms with Crippen molar-refractivity contribution < 1.29 is 18.0 Å². The first kappa shape index (κ1) is 23.7. The number of piperazine rings is 1. The van der Waals surface area contributed by atoms with Crippen molar-refractivity contribution in [2.45, 2.75) is 11.8 Å². The first-order valence-corrected chi connectivity index (χ1v) is 12.8. The fraction of sp³-hybridized carbons (Fsp3) is 0.231. The molecule has 0 aromatic heterocycles. The molecular formula is C26H27N3O4S. The van der Waals surface area contributed by atoms with Crippen molar-refractivity contribution in [3.05, 3.63) is 108 Å². The Morgan fingerprint density at radius 1 is 0.765 bits per heavy atom. The van der Waals surface area contributed by atoms with Gasteiger partial charge in [0.25, 0.3) is 5.91 Å². The molecule has 0 aliphatic carbocycles. The van der Waals surface area contributed by atoms with E-state index in [-0.39, 0.29) is 43.7 Å². The van der Waals surface area contributed by atoms with Crippen molar-refractivity contribution in [3.63, 3.8) is 0 Å². The van der Waals surface area contributed by atoms with Gasteiger partial charge in [-0.05, 0) is 23.3 Å².